The number of benzene rings is 2. The second kappa shape index (κ2) is 8.30. The number of hydrogen-bond donors (Lipinski definition) is 1. The molecule has 0 aromatic heterocycles. The molecule has 128 valence electrons. The fraction of sp³-hybridized carbons (Fsp3) is 0.235. The van der Waals surface area contributed by atoms with Gasteiger partial charge in [0.25, 0.3) is 0 Å². The smallest absolute Gasteiger partial charge is 0.240 e. The molecule has 0 fully saturated rings. The molecule has 0 aliphatic heterocycles. The predicted molar refractivity (Wildman–Crippen MR) is 99.5 cm³/mol. The standard InChI is InChI=1S/C17H19BrN2O3S/c1-24(22,23)20(16-9-7-15(18)8-10-16)13-17(21)19-12-11-14-5-3-2-4-6-14/h2-10H,11-13H2,1H3,(H,19,21). The van der Waals surface area contributed by atoms with Crippen molar-refractivity contribution in [2.75, 3.05) is 23.7 Å². The number of amides is 1. The van der Waals surface area contributed by atoms with Crippen molar-refractivity contribution in [1.29, 1.82) is 0 Å². The van der Waals surface area contributed by atoms with E-state index in [1.165, 1.54) is 0 Å². The molecular formula is C17H19BrN2O3S. The number of halogens is 1. The van der Waals surface area contributed by atoms with E-state index in [9.17, 15) is 13.2 Å². The van der Waals surface area contributed by atoms with Gasteiger partial charge >= 0.3 is 0 Å². The zero-order valence-corrected chi connectivity index (χ0v) is 15.7. The monoisotopic (exact) mass is 410 g/mol. The number of anilines is 1. The molecule has 0 spiro atoms. The minimum atomic E-state index is -3.55. The number of sulfonamides is 1. The third-order valence-electron chi connectivity index (χ3n) is 3.38. The molecule has 2 aromatic carbocycles. The summed E-state index contributed by atoms with van der Waals surface area (Å²) in [5.74, 6) is -0.334. The minimum absolute atomic E-state index is 0.241. The van der Waals surface area contributed by atoms with E-state index in [1.54, 1.807) is 24.3 Å². The summed E-state index contributed by atoms with van der Waals surface area (Å²) in [5.41, 5.74) is 1.57. The Labute approximate surface area is 150 Å². The first-order valence-electron chi connectivity index (χ1n) is 7.40. The quantitative estimate of drug-likeness (QED) is 0.762. The molecule has 1 amide bonds. The SMILES string of the molecule is CS(=O)(=O)N(CC(=O)NCCc1ccccc1)c1ccc(Br)cc1. The van der Waals surface area contributed by atoms with Crippen LogP contribution in [0.2, 0.25) is 0 Å². The van der Waals surface area contributed by atoms with Crippen molar-refractivity contribution < 1.29 is 13.2 Å². The van der Waals surface area contributed by atoms with Gasteiger partial charge in [-0.1, -0.05) is 46.3 Å². The lowest BCUT2D eigenvalue weighted by Crippen LogP contribution is -2.40. The third kappa shape index (κ3) is 5.65. The fourth-order valence-electron chi connectivity index (χ4n) is 2.18. The predicted octanol–water partition coefficient (Wildman–Crippen LogP) is 2.57. The fourth-order valence-corrected chi connectivity index (χ4v) is 3.31. The molecule has 0 atom stereocenters. The highest BCUT2D eigenvalue weighted by Gasteiger charge is 2.20. The first kappa shape index (κ1) is 18.5. The molecule has 0 aliphatic carbocycles. The van der Waals surface area contributed by atoms with Crippen LogP contribution in [0.1, 0.15) is 5.56 Å². The van der Waals surface area contributed by atoms with Crippen LogP contribution < -0.4 is 9.62 Å². The molecular weight excluding hydrogens is 392 g/mol. The van der Waals surface area contributed by atoms with Crippen LogP contribution in [0, 0.1) is 0 Å². The zero-order valence-electron chi connectivity index (χ0n) is 13.3. The van der Waals surface area contributed by atoms with Gasteiger partial charge in [0.05, 0.1) is 11.9 Å². The zero-order chi connectivity index (χ0) is 17.6. The minimum Gasteiger partial charge on any atom is -0.354 e. The van der Waals surface area contributed by atoms with Gasteiger partial charge in [-0.3, -0.25) is 9.10 Å². The molecule has 5 nitrogen and oxygen atoms in total. The van der Waals surface area contributed by atoms with Crippen molar-refractivity contribution in [2.45, 2.75) is 6.42 Å². The Balaban J connectivity index is 1.96. The van der Waals surface area contributed by atoms with E-state index >= 15 is 0 Å². The van der Waals surface area contributed by atoms with Crippen LogP contribution in [-0.2, 0) is 21.2 Å². The first-order valence-corrected chi connectivity index (χ1v) is 10.0. The van der Waals surface area contributed by atoms with Gasteiger partial charge in [-0.25, -0.2) is 8.42 Å². The van der Waals surface area contributed by atoms with Crippen LogP contribution in [-0.4, -0.2) is 33.7 Å². The average Bonchev–Trinajstić information content (AvgIpc) is 2.54. The maximum absolute atomic E-state index is 12.1. The summed E-state index contributed by atoms with van der Waals surface area (Å²) in [7, 11) is -3.55. The number of nitrogens with one attached hydrogen (secondary N) is 1. The Morgan fingerprint density at radius 1 is 1.08 bits per heavy atom. The summed E-state index contributed by atoms with van der Waals surface area (Å²) in [6.45, 7) is 0.218. The Kier molecular flexibility index (Phi) is 6.39. The van der Waals surface area contributed by atoms with Gasteiger partial charge in [0.2, 0.25) is 15.9 Å². The van der Waals surface area contributed by atoms with Gasteiger partial charge in [0.1, 0.15) is 6.54 Å². The highest BCUT2D eigenvalue weighted by atomic mass is 79.9. The highest BCUT2D eigenvalue weighted by Crippen LogP contribution is 2.20. The average molecular weight is 411 g/mol. The van der Waals surface area contributed by atoms with Gasteiger partial charge in [-0.05, 0) is 36.2 Å². The lowest BCUT2D eigenvalue weighted by atomic mass is 10.1. The van der Waals surface area contributed by atoms with Gasteiger partial charge < -0.3 is 5.32 Å². The molecule has 2 aromatic rings. The second-order valence-electron chi connectivity index (χ2n) is 5.33. The van der Waals surface area contributed by atoms with E-state index in [-0.39, 0.29) is 12.5 Å². The van der Waals surface area contributed by atoms with Crippen LogP contribution in [0.15, 0.2) is 59.1 Å². The van der Waals surface area contributed by atoms with Crippen LogP contribution in [0.5, 0.6) is 0 Å². The molecule has 0 unspecified atom stereocenters. The number of carbonyl (C=O) groups excluding carboxylic acids is 1. The lowest BCUT2D eigenvalue weighted by molar-refractivity contribution is -0.119. The van der Waals surface area contributed by atoms with Gasteiger partial charge in [-0.2, -0.15) is 0 Å². The summed E-state index contributed by atoms with van der Waals surface area (Å²) in [6, 6.07) is 16.6. The van der Waals surface area contributed by atoms with Gasteiger partial charge in [-0.15, -0.1) is 0 Å². The van der Waals surface area contributed by atoms with E-state index in [0.717, 1.165) is 20.6 Å². The Morgan fingerprint density at radius 2 is 1.71 bits per heavy atom. The van der Waals surface area contributed by atoms with Crippen molar-refractivity contribution in [3.05, 3.63) is 64.6 Å². The molecule has 0 heterocycles. The summed E-state index contributed by atoms with van der Waals surface area (Å²) in [5, 5.41) is 2.76. The van der Waals surface area contributed by atoms with Crippen molar-refractivity contribution in [2.24, 2.45) is 0 Å². The summed E-state index contributed by atoms with van der Waals surface area (Å²) >= 11 is 3.31. The van der Waals surface area contributed by atoms with Crippen molar-refractivity contribution in [1.82, 2.24) is 5.32 Å². The molecule has 0 bridgehead atoms. The molecule has 24 heavy (non-hydrogen) atoms. The number of nitrogens with zero attached hydrogens (tertiary/aromatic N) is 1. The van der Waals surface area contributed by atoms with E-state index < -0.39 is 10.0 Å². The van der Waals surface area contributed by atoms with Gasteiger partial charge in [0, 0.05) is 11.0 Å². The molecule has 0 radical (unpaired) electrons. The molecule has 7 heteroatoms. The molecule has 1 N–H and O–H groups in total. The topological polar surface area (TPSA) is 66.5 Å². The summed E-state index contributed by atoms with van der Waals surface area (Å²) < 4.78 is 25.9. The van der Waals surface area contributed by atoms with Gasteiger partial charge in [0.15, 0.2) is 0 Å². The van der Waals surface area contributed by atoms with Crippen LogP contribution in [0.25, 0.3) is 0 Å². The Hall–Kier alpha value is -1.86. The van der Waals surface area contributed by atoms with E-state index in [0.29, 0.717) is 18.7 Å². The Morgan fingerprint density at radius 3 is 2.29 bits per heavy atom. The third-order valence-corrected chi connectivity index (χ3v) is 5.05. The van der Waals surface area contributed by atoms with E-state index in [4.69, 9.17) is 0 Å². The number of carbonyl (C=O) groups is 1. The normalized spacial score (nSPS) is 11.1. The highest BCUT2D eigenvalue weighted by molar-refractivity contribution is 9.10. The lowest BCUT2D eigenvalue weighted by Gasteiger charge is -2.22. The maximum atomic E-state index is 12.1. The molecule has 0 aliphatic rings. The number of hydrogen-bond acceptors (Lipinski definition) is 3. The van der Waals surface area contributed by atoms with E-state index in [1.807, 2.05) is 30.3 Å². The van der Waals surface area contributed by atoms with Crippen LogP contribution in [0.3, 0.4) is 0 Å². The largest absolute Gasteiger partial charge is 0.354 e. The van der Waals surface area contributed by atoms with Crippen molar-refractivity contribution in [3.63, 3.8) is 0 Å². The van der Waals surface area contributed by atoms with E-state index in [2.05, 4.69) is 21.2 Å². The van der Waals surface area contributed by atoms with Crippen LogP contribution in [0.4, 0.5) is 5.69 Å². The molecule has 0 saturated heterocycles. The Bertz CT molecular complexity index is 777. The summed E-state index contributed by atoms with van der Waals surface area (Å²) in [6.07, 6.45) is 1.79. The first-order chi connectivity index (χ1) is 11.4. The van der Waals surface area contributed by atoms with Crippen LogP contribution >= 0.6 is 15.9 Å². The van der Waals surface area contributed by atoms with Crippen molar-refractivity contribution in [3.8, 4) is 0 Å². The maximum Gasteiger partial charge on any atom is 0.240 e. The number of rotatable bonds is 7. The molecule has 2 rings (SSSR count). The van der Waals surface area contributed by atoms with Crippen molar-refractivity contribution >= 4 is 37.5 Å². The molecule has 0 saturated carbocycles. The second-order valence-corrected chi connectivity index (χ2v) is 8.15. The summed E-state index contributed by atoms with van der Waals surface area (Å²) in [4.78, 5) is 12.1.